The summed E-state index contributed by atoms with van der Waals surface area (Å²) in [5, 5.41) is 10.2. The molecule has 0 saturated carbocycles. The Morgan fingerprint density at radius 3 is 2.75 bits per heavy atom. The van der Waals surface area contributed by atoms with E-state index in [0.29, 0.717) is 0 Å². The van der Waals surface area contributed by atoms with Crippen LogP contribution >= 0.6 is 0 Å². The zero-order valence-corrected chi connectivity index (χ0v) is 9.19. The molecule has 0 saturated heterocycles. The van der Waals surface area contributed by atoms with Crippen molar-refractivity contribution < 1.29 is 19.4 Å². The second kappa shape index (κ2) is 4.89. The molecule has 1 atom stereocenters. The van der Waals surface area contributed by atoms with Gasteiger partial charge in [-0.2, -0.15) is 0 Å². The van der Waals surface area contributed by atoms with Gasteiger partial charge in [0.05, 0.1) is 13.0 Å². The van der Waals surface area contributed by atoms with E-state index < -0.39 is 11.6 Å². The Labute approximate surface area is 92.6 Å². The fourth-order valence-corrected chi connectivity index (χ4v) is 1.35. The molecule has 1 rings (SSSR count). The number of aliphatic hydroxyl groups is 1. The van der Waals surface area contributed by atoms with Crippen LogP contribution in [0.15, 0.2) is 12.4 Å². The molecular formula is C10H14N2O4. The Hall–Kier alpha value is -1.69. The van der Waals surface area contributed by atoms with E-state index in [-0.39, 0.29) is 24.6 Å². The lowest BCUT2D eigenvalue weighted by molar-refractivity contribution is -0.169. The van der Waals surface area contributed by atoms with Gasteiger partial charge in [-0.1, -0.05) is 0 Å². The molecule has 0 spiro atoms. The van der Waals surface area contributed by atoms with Crippen LogP contribution in [-0.4, -0.2) is 33.4 Å². The highest BCUT2D eigenvalue weighted by Gasteiger charge is 2.43. The lowest BCUT2D eigenvalue weighted by Crippen LogP contribution is -2.40. The Balaban J connectivity index is 3.02. The van der Waals surface area contributed by atoms with Crippen molar-refractivity contribution in [2.45, 2.75) is 25.9 Å². The van der Waals surface area contributed by atoms with Gasteiger partial charge in [0.15, 0.2) is 0 Å². The maximum Gasteiger partial charge on any atom is 0.346 e. The Morgan fingerprint density at radius 1 is 1.62 bits per heavy atom. The fraction of sp³-hybridized carbons (Fsp3) is 0.500. The molecule has 0 amide bonds. The molecule has 1 unspecified atom stereocenters. The van der Waals surface area contributed by atoms with E-state index in [9.17, 15) is 14.7 Å². The Kier molecular flexibility index (Phi) is 3.78. The summed E-state index contributed by atoms with van der Waals surface area (Å²) < 4.78 is 4.73. The van der Waals surface area contributed by atoms with Crippen LogP contribution in [-0.2, 0) is 19.9 Å². The van der Waals surface area contributed by atoms with Crippen LogP contribution in [0.5, 0.6) is 0 Å². The molecule has 0 fully saturated rings. The number of ether oxygens (including phenoxy) is 1. The zero-order valence-electron chi connectivity index (χ0n) is 9.19. The molecule has 0 radical (unpaired) electrons. The summed E-state index contributed by atoms with van der Waals surface area (Å²) in [6.45, 7) is 3.03. The van der Waals surface area contributed by atoms with E-state index in [2.05, 4.69) is 9.97 Å². The average Bonchev–Trinajstić information content (AvgIpc) is 2.69. The predicted molar refractivity (Wildman–Crippen MR) is 54.4 cm³/mol. The smallest absolute Gasteiger partial charge is 0.346 e. The molecule has 0 aliphatic heterocycles. The topological polar surface area (TPSA) is 92.3 Å². The molecule has 88 valence electrons. The first-order valence-electron chi connectivity index (χ1n) is 4.89. The number of carbonyl (C=O) groups excluding carboxylic acids is 2. The number of nitrogens with one attached hydrogen (secondary N) is 1. The number of carbonyl (C=O) groups is 2. The van der Waals surface area contributed by atoms with Gasteiger partial charge in [-0.15, -0.1) is 0 Å². The van der Waals surface area contributed by atoms with Crippen molar-refractivity contribution in [3.05, 3.63) is 18.2 Å². The molecule has 1 heterocycles. The third kappa shape index (κ3) is 2.46. The van der Waals surface area contributed by atoms with Crippen LogP contribution < -0.4 is 0 Å². The maximum absolute atomic E-state index is 11.6. The van der Waals surface area contributed by atoms with Gasteiger partial charge in [0.2, 0.25) is 5.60 Å². The standard InChI is InChI=1S/C10H14N2O4/c1-3-16-9(14)10(15,6-7(2)13)8-11-4-5-12-8/h4-5,15H,3,6H2,1-2H3,(H,11,12). The zero-order chi connectivity index (χ0) is 12.2. The Bertz CT molecular complexity index is 374. The molecule has 6 nitrogen and oxygen atoms in total. The summed E-state index contributed by atoms with van der Waals surface area (Å²) in [6, 6.07) is 0. The summed E-state index contributed by atoms with van der Waals surface area (Å²) >= 11 is 0. The number of ketones is 1. The number of hydrogen-bond acceptors (Lipinski definition) is 5. The van der Waals surface area contributed by atoms with Crippen LogP contribution in [0.3, 0.4) is 0 Å². The monoisotopic (exact) mass is 226 g/mol. The summed E-state index contributed by atoms with van der Waals surface area (Å²) in [6.07, 6.45) is 2.48. The first-order chi connectivity index (χ1) is 7.50. The van der Waals surface area contributed by atoms with Crippen molar-refractivity contribution in [1.29, 1.82) is 0 Å². The Morgan fingerprint density at radius 2 is 2.31 bits per heavy atom. The van der Waals surface area contributed by atoms with E-state index in [1.54, 1.807) is 6.92 Å². The number of aromatic nitrogens is 2. The summed E-state index contributed by atoms with van der Waals surface area (Å²) in [4.78, 5) is 29.1. The van der Waals surface area contributed by atoms with Crippen molar-refractivity contribution in [3.63, 3.8) is 0 Å². The lowest BCUT2D eigenvalue weighted by Gasteiger charge is -2.22. The largest absolute Gasteiger partial charge is 0.463 e. The third-order valence-electron chi connectivity index (χ3n) is 2.01. The van der Waals surface area contributed by atoms with E-state index in [1.165, 1.54) is 19.3 Å². The first-order valence-corrected chi connectivity index (χ1v) is 4.89. The predicted octanol–water partition coefficient (Wildman–Crippen LogP) is 0.140. The molecule has 6 heteroatoms. The molecular weight excluding hydrogens is 212 g/mol. The highest BCUT2D eigenvalue weighted by atomic mass is 16.5. The SMILES string of the molecule is CCOC(=O)C(O)(CC(C)=O)c1ncc[nH]1. The van der Waals surface area contributed by atoms with Gasteiger partial charge >= 0.3 is 5.97 Å². The number of aromatic amines is 1. The van der Waals surface area contributed by atoms with Gasteiger partial charge < -0.3 is 14.8 Å². The fourth-order valence-electron chi connectivity index (χ4n) is 1.35. The third-order valence-corrected chi connectivity index (χ3v) is 2.01. The van der Waals surface area contributed by atoms with Crippen molar-refractivity contribution >= 4 is 11.8 Å². The average molecular weight is 226 g/mol. The number of rotatable bonds is 5. The number of nitrogens with zero attached hydrogens (tertiary/aromatic N) is 1. The molecule has 0 aromatic carbocycles. The number of esters is 1. The summed E-state index contributed by atoms with van der Waals surface area (Å²) in [5.41, 5.74) is -2.02. The van der Waals surface area contributed by atoms with Crippen LogP contribution in [0.2, 0.25) is 0 Å². The van der Waals surface area contributed by atoms with Crippen LogP contribution in [0.4, 0.5) is 0 Å². The minimum absolute atomic E-state index is 0.0150. The molecule has 16 heavy (non-hydrogen) atoms. The van der Waals surface area contributed by atoms with Crippen LogP contribution in [0.1, 0.15) is 26.1 Å². The molecule has 0 bridgehead atoms. The highest BCUT2D eigenvalue weighted by Crippen LogP contribution is 2.24. The minimum atomic E-state index is -2.02. The lowest BCUT2D eigenvalue weighted by atomic mass is 9.97. The van der Waals surface area contributed by atoms with E-state index in [4.69, 9.17) is 4.74 Å². The van der Waals surface area contributed by atoms with Crippen LogP contribution in [0.25, 0.3) is 0 Å². The van der Waals surface area contributed by atoms with Crippen molar-refractivity contribution in [1.82, 2.24) is 9.97 Å². The number of imidazole rings is 1. The maximum atomic E-state index is 11.6. The van der Waals surface area contributed by atoms with Gasteiger partial charge in [0.1, 0.15) is 11.6 Å². The van der Waals surface area contributed by atoms with Crippen molar-refractivity contribution in [2.24, 2.45) is 0 Å². The number of Topliss-reactive ketones (excluding diaryl/α,β-unsaturated/α-hetero) is 1. The van der Waals surface area contributed by atoms with Crippen LogP contribution in [0, 0.1) is 0 Å². The van der Waals surface area contributed by atoms with Gasteiger partial charge in [0.25, 0.3) is 0 Å². The molecule has 0 aliphatic carbocycles. The second-order valence-electron chi connectivity index (χ2n) is 3.40. The van der Waals surface area contributed by atoms with E-state index >= 15 is 0 Å². The quantitative estimate of drug-likeness (QED) is 0.697. The van der Waals surface area contributed by atoms with Gasteiger partial charge in [-0.25, -0.2) is 9.78 Å². The molecule has 1 aromatic rings. The number of hydrogen-bond donors (Lipinski definition) is 2. The minimum Gasteiger partial charge on any atom is -0.463 e. The van der Waals surface area contributed by atoms with Gasteiger partial charge in [0, 0.05) is 12.4 Å². The second-order valence-corrected chi connectivity index (χ2v) is 3.40. The van der Waals surface area contributed by atoms with Crippen molar-refractivity contribution in [3.8, 4) is 0 Å². The van der Waals surface area contributed by atoms with E-state index in [1.807, 2.05) is 0 Å². The summed E-state index contributed by atoms with van der Waals surface area (Å²) in [5.74, 6) is -1.19. The molecule has 0 aliphatic rings. The van der Waals surface area contributed by atoms with Crippen molar-refractivity contribution in [2.75, 3.05) is 6.61 Å². The number of H-pyrrole nitrogens is 1. The molecule has 2 N–H and O–H groups in total. The van der Waals surface area contributed by atoms with E-state index in [0.717, 1.165) is 0 Å². The highest BCUT2D eigenvalue weighted by molar-refractivity contribution is 5.88. The normalized spacial score (nSPS) is 14.2. The first kappa shape index (κ1) is 12.4. The van der Waals surface area contributed by atoms with Gasteiger partial charge in [-0.05, 0) is 13.8 Å². The van der Waals surface area contributed by atoms with Gasteiger partial charge in [-0.3, -0.25) is 4.79 Å². The summed E-state index contributed by atoms with van der Waals surface area (Å²) in [7, 11) is 0. The molecule has 1 aromatic heterocycles.